The molecule has 4 aromatic carbocycles. The zero-order valence-corrected chi connectivity index (χ0v) is 26.3. The Balaban J connectivity index is 0.00000380. The number of rotatable bonds is 9. The monoisotopic (exact) mass is 590 g/mol. The van der Waals surface area contributed by atoms with Gasteiger partial charge in [0.15, 0.2) is 8.32 Å². The quantitative estimate of drug-likeness (QED) is 0.202. The van der Waals surface area contributed by atoms with Gasteiger partial charge in [-0.3, -0.25) is 0 Å². The number of benzene rings is 4. The van der Waals surface area contributed by atoms with Crippen molar-refractivity contribution in [3.05, 3.63) is 126 Å². The molecule has 4 aromatic rings. The molecule has 0 atom stereocenters. The molecule has 0 N–H and O–H groups in total. The van der Waals surface area contributed by atoms with E-state index in [1.54, 1.807) is 0 Å². The minimum atomic E-state index is -1.89. The van der Waals surface area contributed by atoms with Gasteiger partial charge in [-0.2, -0.15) is 0 Å². The van der Waals surface area contributed by atoms with E-state index < -0.39 is 15.6 Å². The maximum Gasteiger partial charge on any atom is 0.191 e. The fraction of sp³-hybridized carbons (Fsp3) is 0.273. The van der Waals surface area contributed by atoms with Crippen molar-refractivity contribution < 1.29 is 21.4 Å². The van der Waals surface area contributed by atoms with Crippen LogP contribution >= 0.6 is 7.26 Å². The Hall–Kier alpha value is -2.03. The standard InChI is InChI=1S/C33H40OPSi.BrH/c1-33(2,3)36(4,5)34-25-24-28-16-15-17-29(26-28)27-35(30-18-9-6-10-19-30,31-20-11-7-12-21-31)32-22-13-8-14-23-32;/h6-23,26H,24-25,27H2,1-5H3;1H/q+1;/p-1. The first-order chi connectivity index (χ1) is 17.2. The highest BCUT2D eigenvalue weighted by atomic mass is 79.9. The molecule has 0 saturated carbocycles. The van der Waals surface area contributed by atoms with Crippen LogP contribution in [0.4, 0.5) is 0 Å². The summed E-state index contributed by atoms with van der Waals surface area (Å²) in [5.41, 5.74) is 2.75. The Kier molecular flexibility index (Phi) is 10.1. The van der Waals surface area contributed by atoms with Crippen molar-refractivity contribution in [3.8, 4) is 0 Å². The summed E-state index contributed by atoms with van der Waals surface area (Å²) in [7, 11) is -3.63. The third kappa shape index (κ3) is 6.89. The van der Waals surface area contributed by atoms with E-state index in [1.165, 1.54) is 27.0 Å². The molecule has 4 heteroatoms. The summed E-state index contributed by atoms with van der Waals surface area (Å²) in [6.07, 6.45) is 1.95. The Morgan fingerprint density at radius 1 is 0.622 bits per heavy atom. The summed E-state index contributed by atoms with van der Waals surface area (Å²) in [4.78, 5) is 0. The van der Waals surface area contributed by atoms with Gasteiger partial charge in [0, 0.05) is 6.61 Å². The van der Waals surface area contributed by atoms with Gasteiger partial charge in [0.2, 0.25) is 0 Å². The van der Waals surface area contributed by atoms with Gasteiger partial charge < -0.3 is 21.4 Å². The van der Waals surface area contributed by atoms with Crippen LogP contribution in [0, 0.1) is 0 Å². The molecule has 194 valence electrons. The molecule has 0 spiro atoms. The van der Waals surface area contributed by atoms with E-state index in [1.807, 2.05) is 0 Å². The van der Waals surface area contributed by atoms with Crippen LogP contribution in [0.5, 0.6) is 0 Å². The summed E-state index contributed by atoms with van der Waals surface area (Å²) < 4.78 is 6.49. The van der Waals surface area contributed by atoms with Crippen molar-refractivity contribution in [1.29, 1.82) is 0 Å². The summed E-state index contributed by atoms with van der Waals surface area (Å²) in [5.74, 6) is 0. The normalized spacial score (nSPS) is 12.1. The van der Waals surface area contributed by atoms with Crippen molar-refractivity contribution >= 4 is 31.5 Å². The van der Waals surface area contributed by atoms with Crippen LogP contribution in [-0.4, -0.2) is 14.9 Å². The highest BCUT2D eigenvalue weighted by molar-refractivity contribution is 7.95. The zero-order valence-electron chi connectivity index (χ0n) is 22.8. The van der Waals surface area contributed by atoms with Gasteiger partial charge in [-0.15, -0.1) is 0 Å². The highest BCUT2D eigenvalue weighted by Gasteiger charge is 2.45. The SMILES string of the molecule is CC(C)(C)[Si](C)(C)OCCc1cccc(C[P+](c2ccccc2)(c2ccccc2)c2ccccc2)c1.[Br-]. The second-order valence-corrected chi connectivity index (χ2v) is 19.4. The molecule has 0 amide bonds. The molecule has 0 aliphatic heterocycles. The van der Waals surface area contributed by atoms with Crippen LogP contribution in [0.15, 0.2) is 115 Å². The van der Waals surface area contributed by atoms with Crippen LogP contribution in [0.1, 0.15) is 31.9 Å². The van der Waals surface area contributed by atoms with Gasteiger partial charge in [0.25, 0.3) is 0 Å². The molecule has 0 radical (unpaired) electrons. The largest absolute Gasteiger partial charge is 1.00 e. The second-order valence-electron chi connectivity index (χ2n) is 11.2. The first-order valence-electron chi connectivity index (χ1n) is 13.0. The number of hydrogen-bond acceptors (Lipinski definition) is 1. The molecule has 0 aromatic heterocycles. The molecule has 0 fully saturated rings. The summed E-state index contributed by atoms with van der Waals surface area (Å²) in [6.45, 7) is 12.4. The summed E-state index contributed by atoms with van der Waals surface area (Å²) in [5, 5.41) is 4.51. The van der Waals surface area contributed by atoms with Crippen molar-refractivity contribution in [3.63, 3.8) is 0 Å². The Morgan fingerprint density at radius 2 is 1.05 bits per heavy atom. The molecule has 0 heterocycles. The molecular weight excluding hydrogens is 551 g/mol. The van der Waals surface area contributed by atoms with E-state index in [0.29, 0.717) is 0 Å². The predicted octanol–water partition coefficient (Wildman–Crippen LogP) is 4.75. The summed E-state index contributed by atoms with van der Waals surface area (Å²) >= 11 is 0. The minimum Gasteiger partial charge on any atom is -1.00 e. The first kappa shape index (κ1) is 29.5. The lowest BCUT2D eigenvalue weighted by Gasteiger charge is -2.36. The van der Waals surface area contributed by atoms with Crippen LogP contribution in [0.25, 0.3) is 0 Å². The molecule has 4 rings (SSSR count). The van der Waals surface area contributed by atoms with Crippen LogP contribution in [0.3, 0.4) is 0 Å². The van der Waals surface area contributed by atoms with Gasteiger partial charge in [0.05, 0.1) is 6.16 Å². The Labute approximate surface area is 236 Å². The number of hydrogen-bond donors (Lipinski definition) is 0. The fourth-order valence-corrected chi connectivity index (χ4v) is 9.84. The first-order valence-corrected chi connectivity index (χ1v) is 17.9. The molecule has 37 heavy (non-hydrogen) atoms. The molecule has 0 aliphatic rings. The van der Waals surface area contributed by atoms with Gasteiger partial charge in [-0.05, 0) is 72.1 Å². The van der Waals surface area contributed by atoms with E-state index in [9.17, 15) is 0 Å². The van der Waals surface area contributed by atoms with E-state index in [2.05, 4.69) is 149 Å². The molecule has 0 saturated heterocycles. The fourth-order valence-electron chi connectivity index (χ4n) is 4.57. The average Bonchev–Trinajstić information content (AvgIpc) is 2.88. The van der Waals surface area contributed by atoms with Crippen molar-refractivity contribution in [2.24, 2.45) is 0 Å². The van der Waals surface area contributed by atoms with Crippen molar-refractivity contribution in [2.75, 3.05) is 6.61 Å². The van der Waals surface area contributed by atoms with Crippen LogP contribution in [-0.2, 0) is 17.0 Å². The Bertz CT molecular complexity index is 1140. The maximum absolute atomic E-state index is 6.49. The lowest BCUT2D eigenvalue weighted by Crippen LogP contribution is -3.00. The van der Waals surface area contributed by atoms with Gasteiger partial charge in [-0.25, -0.2) is 0 Å². The van der Waals surface area contributed by atoms with Gasteiger partial charge in [0.1, 0.15) is 23.2 Å². The third-order valence-corrected chi connectivity index (χ3v) is 16.6. The van der Waals surface area contributed by atoms with E-state index in [-0.39, 0.29) is 22.0 Å². The average molecular weight is 592 g/mol. The van der Waals surface area contributed by atoms with Gasteiger partial charge >= 0.3 is 0 Å². The zero-order chi connectivity index (χ0) is 25.7. The van der Waals surface area contributed by atoms with Crippen molar-refractivity contribution in [1.82, 2.24) is 0 Å². The molecule has 0 bridgehead atoms. The topological polar surface area (TPSA) is 9.23 Å². The molecule has 1 nitrogen and oxygen atoms in total. The third-order valence-electron chi connectivity index (χ3n) is 7.66. The molecular formula is C33H40BrOPSi. The van der Waals surface area contributed by atoms with Crippen LogP contribution in [0.2, 0.25) is 18.1 Å². The highest BCUT2D eigenvalue weighted by Crippen LogP contribution is 2.58. The van der Waals surface area contributed by atoms with E-state index >= 15 is 0 Å². The Morgan fingerprint density at radius 3 is 1.49 bits per heavy atom. The maximum atomic E-state index is 6.49. The number of halogens is 1. The van der Waals surface area contributed by atoms with Crippen molar-refractivity contribution in [2.45, 2.75) is 51.5 Å². The minimum absolute atomic E-state index is 0. The lowest BCUT2D eigenvalue weighted by molar-refractivity contribution is -0.00000843. The molecule has 0 aliphatic carbocycles. The van der Waals surface area contributed by atoms with E-state index in [4.69, 9.17) is 4.43 Å². The molecule has 0 unspecified atom stereocenters. The lowest BCUT2D eigenvalue weighted by atomic mass is 10.1. The summed E-state index contributed by atoms with van der Waals surface area (Å²) in [6, 6.07) is 42.6. The van der Waals surface area contributed by atoms with Crippen LogP contribution < -0.4 is 32.9 Å². The smallest absolute Gasteiger partial charge is 0.191 e. The van der Waals surface area contributed by atoms with E-state index in [0.717, 1.165) is 19.2 Å². The predicted molar refractivity (Wildman–Crippen MR) is 162 cm³/mol. The second kappa shape index (κ2) is 12.7. The van der Waals surface area contributed by atoms with Gasteiger partial charge in [-0.1, -0.05) is 99.6 Å².